The summed E-state index contributed by atoms with van der Waals surface area (Å²) in [6.45, 7) is 1.89. The summed E-state index contributed by atoms with van der Waals surface area (Å²) in [7, 11) is 0. The molecule has 5 aromatic rings. The van der Waals surface area contributed by atoms with Crippen molar-refractivity contribution in [3.8, 4) is 11.5 Å². The van der Waals surface area contributed by atoms with Crippen LogP contribution >= 0.6 is 34.7 Å². The summed E-state index contributed by atoms with van der Waals surface area (Å²) < 4.78 is 11.8. The highest BCUT2D eigenvalue weighted by molar-refractivity contribution is 8.00. The average Bonchev–Trinajstić information content (AvgIpc) is 3.54. The molecule has 2 aliphatic rings. The molecule has 0 bridgehead atoms. The second kappa shape index (κ2) is 12.3. The topological polar surface area (TPSA) is 118 Å². The van der Waals surface area contributed by atoms with Crippen LogP contribution in [0.4, 0.5) is 11.4 Å². The summed E-state index contributed by atoms with van der Waals surface area (Å²) in [5.41, 5.74) is 1.77. The van der Waals surface area contributed by atoms with Crippen LogP contribution in [0.2, 0.25) is 5.02 Å². The van der Waals surface area contributed by atoms with Crippen LogP contribution in [0.5, 0.6) is 11.5 Å². The second-order valence-electron chi connectivity index (χ2n) is 10.8. The predicted octanol–water partition coefficient (Wildman–Crippen LogP) is 6.46. The number of nitrogens with one attached hydrogen (secondary N) is 2. The standard InChI is InChI=1S/C34H26ClN3O6S2/c1-2-43-25-16-20(8-14-24(25)44-17-26(39)36-22-11-7-18-5-3-4-6-19(18)15-22)27-28-30(45-31-29(27)46-34(42)37-31)33(41)38(32(28)40)23-12-9-21(35)10-13-23/h3-16,27-28,30H,2,17H2,1H3,(H,36,39)(H,37,42)/t27-,28?,30?/m1/s1. The molecular formula is C34H26ClN3O6S2. The van der Waals surface area contributed by atoms with Crippen molar-refractivity contribution < 1.29 is 23.9 Å². The first-order chi connectivity index (χ1) is 22.3. The molecule has 1 aromatic heterocycles. The van der Waals surface area contributed by atoms with E-state index in [1.165, 1.54) is 16.7 Å². The number of aromatic nitrogens is 1. The fraction of sp³-hybridized carbons (Fsp3) is 0.176. The third kappa shape index (κ3) is 5.55. The molecule has 0 saturated carbocycles. The Morgan fingerprint density at radius 3 is 2.48 bits per heavy atom. The molecule has 46 heavy (non-hydrogen) atoms. The molecule has 1 fully saturated rings. The Kier molecular flexibility index (Phi) is 8.06. The van der Waals surface area contributed by atoms with E-state index in [-0.39, 0.29) is 29.2 Å². The maximum atomic E-state index is 14.0. The van der Waals surface area contributed by atoms with Crippen molar-refractivity contribution in [3.05, 3.63) is 110 Å². The highest BCUT2D eigenvalue weighted by Crippen LogP contribution is 2.53. The summed E-state index contributed by atoms with van der Waals surface area (Å²) in [6, 6.07) is 25.3. The highest BCUT2D eigenvalue weighted by atomic mass is 35.5. The minimum atomic E-state index is -0.763. The molecule has 4 aromatic carbocycles. The summed E-state index contributed by atoms with van der Waals surface area (Å²) in [4.78, 5) is 57.4. The van der Waals surface area contributed by atoms with Crippen LogP contribution in [-0.4, -0.2) is 41.2 Å². The Morgan fingerprint density at radius 2 is 1.70 bits per heavy atom. The van der Waals surface area contributed by atoms with E-state index in [9.17, 15) is 19.2 Å². The van der Waals surface area contributed by atoms with Crippen LogP contribution in [0.25, 0.3) is 10.8 Å². The Labute approximate surface area is 276 Å². The van der Waals surface area contributed by atoms with E-state index in [4.69, 9.17) is 21.1 Å². The molecule has 7 rings (SSSR count). The summed E-state index contributed by atoms with van der Waals surface area (Å²) in [6.07, 6.45) is 0. The monoisotopic (exact) mass is 671 g/mol. The van der Waals surface area contributed by atoms with Gasteiger partial charge in [0.2, 0.25) is 11.8 Å². The lowest BCUT2D eigenvalue weighted by molar-refractivity contribution is -0.122. The number of ether oxygens (including phenoxy) is 2. The van der Waals surface area contributed by atoms with E-state index in [0.29, 0.717) is 50.0 Å². The maximum Gasteiger partial charge on any atom is 0.305 e. The van der Waals surface area contributed by atoms with Gasteiger partial charge in [-0.3, -0.25) is 19.2 Å². The molecule has 3 atom stereocenters. The first-order valence-electron chi connectivity index (χ1n) is 14.5. The van der Waals surface area contributed by atoms with Gasteiger partial charge in [0, 0.05) is 21.5 Å². The molecule has 9 nitrogen and oxygen atoms in total. The van der Waals surface area contributed by atoms with Gasteiger partial charge in [0.05, 0.1) is 23.2 Å². The number of thioether (sulfide) groups is 1. The Hall–Kier alpha value is -4.58. The van der Waals surface area contributed by atoms with Crippen LogP contribution < -0.4 is 24.6 Å². The van der Waals surface area contributed by atoms with Gasteiger partial charge in [-0.1, -0.05) is 71.1 Å². The number of hydrogen-bond acceptors (Lipinski definition) is 8. The highest BCUT2D eigenvalue weighted by Gasteiger charge is 2.56. The van der Waals surface area contributed by atoms with Gasteiger partial charge in [-0.15, -0.1) is 0 Å². The van der Waals surface area contributed by atoms with Crippen LogP contribution in [0, 0.1) is 5.92 Å². The van der Waals surface area contributed by atoms with Gasteiger partial charge in [-0.2, -0.15) is 0 Å². The summed E-state index contributed by atoms with van der Waals surface area (Å²) in [5.74, 6) is -1.68. The minimum Gasteiger partial charge on any atom is -0.490 e. The van der Waals surface area contributed by atoms with Crippen molar-refractivity contribution in [2.45, 2.75) is 23.1 Å². The molecular weight excluding hydrogens is 646 g/mol. The molecule has 232 valence electrons. The van der Waals surface area contributed by atoms with Crippen molar-refractivity contribution >= 4 is 74.6 Å². The third-order valence-corrected chi connectivity index (χ3v) is 10.6. The fourth-order valence-electron chi connectivity index (χ4n) is 5.93. The molecule has 3 heterocycles. The van der Waals surface area contributed by atoms with Crippen molar-refractivity contribution in [1.82, 2.24) is 4.98 Å². The van der Waals surface area contributed by atoms with Gasteiger partial charge in [0.25, 0.3) is 5.91 Å². The molecule has 1 saturated heterocycles. The number of halogens is 1. The Morgan fingerprint density at radius 1 is 0.913 bits per heavy atom. The largest absolute Gasteiger partial charge is 0.490 e. The van der Waals surface area contributed by atoms with Gasteiger partial charge < -0.3 is 19.8 Å². The number of carbonyl (C=O) groups is 3. The number of fused-ring (bicyclic) bond motifs is 3. The van der Waals surface area contributed by atoms with Crippen LogP contribution in [0.3, 0.4) is 0 Å². The zero-order chi connectivity index (χ0) is 31.9. The molecule has 0 radical (unpaired) electrons. The van der Waals surface area contributed by atoms with Gasteiger partial charge >= 0.3 is 4.87 Å². The zero-order valence-corrected chi connectivity index (χ0v) is 26.7. The van der Waals surface area contributed by atoms with Crippen molar-refractivity contribution in [3.63, 3.8) is 0 Å². The molecule has 0 spiro atoms. The Balaban J connectivity index is 1.16. The van der Waals surface area contributed by atoms with Gasteiger partial charge in [-0.25, -0.2) is 4.90 Å². The van der Waals surface area contributed by atoms with Crippen molar-refractivity contribution in [2.75, 3.05) is 23.4 Å². The van der Waals surface area contributed by atoms with Crippen molar-refractivity contribution in [2.24, 2.45) is 5.92 Å². The number of thiazole rings is 1. The minimum absolute atomic E-state index is 0.260. The number of anilines is 2. The van der Waals surface area contributed by atoms with E-state index >= 15 is 0 Å². The van der Waals surface area contributed by atoms with E-state index in [2.05, 4.69) is 10.3 Å². The van der Waals surface area contributed by atoms with E-state index in [1.54, 1.807) is 42.5 Å². The predicted molar refractivity (Wildman–Crippen MR) is 180 cm³/mol. The average molecular weight is 672 g/mol. The van der Waals surface area contributed by atoms with E-state index in [1.807, 2.05) is 49.4 Å². The number of aromatic amines is 1. The molecule has 12 heteroatoms. The molecule has 2 aliphatic heterocycles. The quantitative estimate of drug-likeness (QED) is 0.182. The number of nitrogens with zero attached hydrogens (tertiary/aromatic N) is 1. The molecule has 2 unspecified atom stereocenters. The maximum absolute atomic E-state index is 14.0. The summed E-state index contributed by atoms with van der Waals surface area (Å²) in [5, 5.41) is 5.27. The lowest BCUT2D eigenvalue weighted by Crippen LogP contribution is -2.32. The second-order valence-corrected chi connectivity index (χ2v) is 13.4. The first-order valence-corrected chi connectivity index (χ1v) is 16.6. The SMILES string of the molecule is CCOc1cc([C@H]2c3sc(=O)[nH]c3SC3C(=O)N(c4ccc(Cl)cc4)C(=O)C32)ccc1OCC(=O)Nc1ccc2ccccc2c1. The number of benzene rings is 4. The lowest BCUT2D eigenvalue weighted by Gasteiger charge is -2.30. The number of carbonyl (C=O) groups excluding carboxylic acids is 3. The lowest BCUT2D eigenvalue weighted by atomic mass is 9.83. The number of hydrogen-bond donors (Lipinski definition) is 2. The van der Waals surface area contributed by atoms with E-state index < -0.39 is 17.1 Å². The summed E-state index contributed by atoms with van der Waals surface area (Å²) >= 11 is 8.29. The molecule has 0 aliphatic carbocycles. The number of imide groups is 1. The van der Waals surface area contributed by atoms with E-state index in [0.717, 1.165) is 22.1 Å². The fourth-order valence-corrected chi connectivity index (χ4v) is 8.58. The number of amides is 3. The zero-order valence-electron chi connectivity index (χ0n) is 24.3. The smallest absolute Gasteiger partial charge is 0.305 e. The number of rotatable bonds is 8. The van der Waals surface area contributed by atoms with Gasteiger partial charge in [-0.05, 0) is 71.8 Å². The molecule has 2 N–H and O–H groups in total. The molecule has 3 amide bonds. The van der Waals surface area contributed by atoms with Crippen LogP contribution in [0.15, 0.2) is 94.7 Å². The number of H-pyrrole nitrogens is 1. The van der Waals surface area contributed by atoms with Gasteiger partial charge in [0.1, 0.15) is 5.25 Å². The Bertz CT molecular complexity index is 2060. The third-order valence-electron chi connectivity index (χ3n) is 7.93. The normalized spacial score (nSPS) is 18.7. The van der Waals surface area contributed by atoms with Crippen LogP contribution in [0.1, 0.15) is 23.3 Å². The first kappa shape index (κ1) is 30.1. The van der Waals surface area contributed by atoms with Crippen LogP contribution in [-0.2, 0) is 14.4 Å². The van der Waals surface area contributed by atoms with Gasteiger partial charge in [0.15, 0.2) is 18.1 Å². The van der Waals surface area contributed by atoms with Crippen molar-refractivity contribution in [1.29, 1.82) is 0 Å².